The first kappa shape index (κ1) is 25.3. The van der Waals surface area contributed by atoms with Crippen molar-refractivity contribution in [3.8, 4) is 11.8 Å². The fourth-order valence-electron chi connectivity index (χ4n) is 3.18. The second kappa shape index (κ2) is 11.7. The number of carbonyl (C=O) groups is 1. The van der Waals surface area contributed by atoms with Crippen LogP contribution in [0.15, 0.2) is 59.8 Å². The molecule has 0 bridgehead atoms. The molecule has 0 saturated heterocycles. The lowest BCUT2D eigenvalue weighted by Gasteiger charge is -2.27. The summed E-state index contributed by atoms with van der Waals surface area (Å²) >= 11 is 1.30. The highest BCUT2D eigenvalue weighted by molar-refractivity contribution is 7.99. The fourth-order valence-corrected chi connectivity index (χ4v) is 3.94. The van der Waals surface area contributed by atoms with Gasteiger partial charge in [0.05, 0.1) is 18.4 Å². The summed E-state index contributed by atoms with van der Waals surface area (Å²) in [5.74, 6) is 1.35. The lowest BCUT2D eigenvalue weighted by atomic mass is 9.90. The summed E-state index contributed by atoms with van der Waals surface area (Å²) in [7, 11) is 0. The van der Waals surface area contributed by atoms with Crippen molar-refractivity contribution in [3.63, 3.8) is 0 Å². The molecule has 34 heavy (non-hydrogen) atoms. The topological polar surface area (TPSA) is 92.8 Å². The maximum absolute atomic E-state index is 12.6. The van der Waals surface area contributed by atoms with Crippen LogP contribution in [-0.4, -0.2) is 32.0 Å². The predicted octanol–water partition coefficient (Wildman–Crippen LogP) is 4.61. The molecule has 1 amide bonds. The zero-order valence-corrected chi connectivity index (χ0v) is 20.9. The number of rotatable bonds is 11. The third-order valence-electron chi connectivity index (χ3n) is 5.79. The SMILES string of the molecule is CCc1ccc(OCc2nnc(SCC(=O)N[C@](C)(C#N)C(C)C)n2Cc2ccccc2)cc1. The molecule has 0 aliphatic carbocycles. The molecule has 3 rings (SSSR count). The van der Waals surface area contributed by atoms with Crippen LogP contribution in [0.3, 0.4) is 0 Å². The Bertz CT molecular complexity index is 1120. The number of nitrogens with one attached hydrogen (secondary N) is 1. The molecule has 0 radical (unpaired) electrons. The highest BCUT2D eigenvalue weighted by Crippen LogP contribution is 2.22. The van der Waals surface area contributed by atoms with E-state index in [9.17, 15) is 10.1 Å². The number of ether oxygens (including phenoxy) is 1. The number of nitrogens with zero attached hydrogens (tertiary/aromatic N) is 4. The highest BCUT2D eigenvalue weighted by Gasteiger charge is 2.30. The minimum absolute atomic E-state index is 0.0108. The van der Waals surface area contributed by atoms with E-state index in [0.29, 0.717) is 17.5 Å². The molecular formula is C26H31N5O2S. The van der Waals surface area contributed by atoms with Crippen molar-refractivity contribution < 1.29 is 9.53 Å². The van der Waals surface area contributed by atoms with Crippen LogP contribution in [0.5, 0.6) is 5.75 Å². The third-order valence-corrected chi connectivity index (χ3v) is 6.76. The van der Waals surface area contributed by atoms with Gasteiger partial charge in [0.1, 0.15) is 17.9 Å². The average Bonchev–Trinajstić information content (AvgIpc) is 3.23. The molecule has 7 nitrogen and oxygen atoms in total. The molecule has 2 aromatic carbocycles. The van der Waals surface area contributed by atoms with Crippen molar-refractivity contribution in [3.05, 3.63) is 71.5 Å². The van der Waals surface area contributed by atoms with Gasteiger partial charge >= 0.3 is 0 Å². The van der Waals surface area contributed by atoms with Crippen molar-refractivity contribution in [1.29, 1.82) is 5.26 Å². The molecule has 178 valence electrons. The summed E-state index contributed by atoms with van der Waals surface area (Å²) in [5.41, 5.74) is 1.43. The lowest BCUT2D eigenvalue weighted by Crippen LogP contribution is -2.49. The second-order valence-electron chi connectivity index (χ2n) is 8.56. The number of benzene rings is 2. The summed E-state index contributed by atoms with van der Waals surface area (Å²) < 4.78 is 7.94. The number of hydrogen-bond acceptors (Lipinski definition) is 6. The Hall–Kier alpha value is -3.31. The van der Waals surface area contributed by atoms with Crippen LogP contribution < -0.4 is 10.1 Å². The van der Waals surface area contributed by atoms with Crippen LogP contribution in [0.2, 0.25) is 0 Å². The van der Waals surface area contributed by atoms with E-state index in [2.05, 4.69) is 40.6 Å². The number of amides is 1. The van der Waals surface area contributed by atoms with Gasteiger partial charge in [-0.05, 0) is 42.5 Å². The summed E-state index contributed by atoms with van der Waals surface area (Å²) in [6, 6.07) is 20.2. The van der Waals surface area contributed by atoms with Crippen molar-refractivity contribution in [2.45, 2.75) is 58.0 Å². The molecule has 0 fully saturated rings. The van der Waals surface area contributed by atoms with Gasteiger partial charge in [-0.15, -0.1) is 10.2 Å². The Morgan fingerprint density at radius 1 is 1.15 bits per heavy atom. The molecule has 0 spiro atoms. The molecule has 8 heteroatoms. The molecule has 1 atom stereocenters. The van der Waals surface area contributed by atoms with Crippen LogP contribution >= 0.6 is 11.8 Å². The van der Waals surface area contributed by atoms with E-state index >= 15 is 0 Å². The molecule has 0 aliphatic heterocycles. The minimum Gasteiger partial charge on any atom is -0.486 e. The Labute approximate surface area is 205 Å². The van der Waals surface area contributed by atoms with Gasteiger partial charge in [0, 0.05) is 0 Å². The van der Waals surface area contributed by atoms with Gasteiger partial charge in [0.2, 0.25) is 5.91 Å². The van der Waals surface area contributed by atoms with Crippen LogP contribution in [0, 0.1) is 17.2 Å². The van der Waals surface area contributed by atoms with E-state index in [4.69, 9.17) is 4.74 Å². The molecule has 0 aliphatic rings. The van der Waals surface area contributed by atoms with Crippen LogP contribution in [-0.2, 0) is 24.4 Å². The van der Waals surface area contributed by atoms with E-state index in [1.165, 1.54) is 17.3 Å². The van der Waals surface area contributed by atoms with Crippen molar-refractivity contribution in [2.75, 3.05) is 5.75 Å². The molecule has 0 saturated carbocycles. The normalized spacial score (nSPS) is 12.7. The van der Waals surface area contributed by atoms with Gasteiger partial charge < -0.3 is 10.1 Å². The van der Waals surface area contributed by atoms with Gasteiger partial charge in [0.25, 0.3) is 0 Å². The largest absolute Gasteiger partial charge is 0.486 e. The van der Waals surface area contributed by atoms with Crippen LogP contribution in [0.25, 0.3) is 0 Å². The third kappa shape index (κ3) is 6.61. The molecule has 3 aromatic rings. The predicted molar refractivity (Wildman–Crippen MR) is 133 cm³/mol. The van der Waals surface area contributed by atoms with E-state index in [1.54, 1.807) is 6.92 Å². The molecule has 1 aromatic heterocycles. The standard InChI is InChI=1S/C26H31N5O2S/c1-5-20-11-13-22(14-12-20)33-16-23-29-30-25(31(23)15-21-9-7-6-8-10-21)34-17-24(32)28-26(4,18-27)19(2)3/h6-14,19H,5,15-17H2,1-4H3,(H,28,32)/t26-/m1/s1. The number of thioether (sulfide) groups is 1. The van der Waals surface area contributed by atoms with Crippen molar-refractivity contribution in [1.82, 2.24) is 20.1 Å². The first-order chi connectivity index (χ1) is 16.3. The Morgan fingerprint density at radius 3 is 2.47 bits per heavy atom. The Balaban J connectivity index is 1.73. The number of carbonyl (C=O) groups excluding carboxylic acids is 1. The van der Waals surface area contributed by atoms with Gasteiger partial charge in [0.15, 0.2) is 11.0 Å². The zero-order chi connectivity index (χ0) is 24.6. The number of aryl methyl sites for hydroxylation is 1. The fraction of sp³-hybridized carbons (Fsp3) is 0.385. The van der Waals surface area contributed by atoms with Crippen LogP contribution in [0.1, 0.15) is 44.6 Å². The average molecular weight is 478 g/mol. The molecule has 1 N–H and O–H groups in total. The van der Waals surface area contributed by atoms with Gasteiger partial charge in [-0.1, -0.05) is 75.0 Å². The minimum atomic E-state index is -0.915. The summed E-state index contributed by atoms with van der Waals surface area (Å²) in [6.07, 6.45) is 0.977. The Morgan fingerprint density at radius 2 is 1.85 bits per heavy atom. The first-order valence-electron chi connectivity index (χ1n) is 11.4. The summed E-state index contributed by atoms with van der Waals surface area (Å²) in [5, 5.41) is 21.6. The maximum atomic E-state index is 12.6. The maximum Gasteiger partial charge on any atom is 0.231 e. The van der Waals surface area contributed by atoms with E-state index in [1.807, 2.05) is 60.9 Å². The molecular weight excluding hydrogens is 446 g/mol. The van der Waals surface area contributed by atoms with Crippen molar-refractivity contribution in [2.24, 2.45) is 5.92 Å². The zero-order valence-electron chi connectivity index (χ0n) is 20.1. The van der Waals surface area contributed by atoms with Gasteiger partial charge in [-0.25, -0.2) is 0 Å². The summed E-state index contributed by atoms with van der Waals surface area (Å²) in [6.45, 7) is 8.50. The highest BCUT2D eigenvalue weighted by atomic mass is 32.2. The summed E-state index contributed by atoms with van der Waals surface area (Å²) in [4.78, 5) is 12.6. The van der Waals surface area contributed by atoms with Crippen LogP contribution in [0.4, 0.5) is 0 Å². The van der Waals surface area contributed by atoms with E-state index in [-0.39, 0.29) is 24.2 Å². The van der Waals surface area contributed by atoms with Crippen molar-refractivity contribution >= 4 is 17.7 Å². The number of hydrogen-bond donors (Lipinski definition) is 1. The van der Waals surface area contributed by atoms with E-state index < -0.39 is 5.54 Å². The molecule has 0 unspecified atom stereocenters. The number of aromatic nitrogens is 3. The monoisotopic (exact) mass is 477 g/mol. The Kier molecular flexibility index (Phi) is 8.72. The number of nitriles is 1. The van der Waals surface area contributed by atoms with E-state index in [0.717, 1.165) is 17.7 Å². The van der Waals surface area contributed by atoms with Gasteiger partial charge in [-0.3, -0.25) is 9.36 Å². The first-order valence-corrected chi connectivity index (χ1v) is 12.4. The lowest BCUT2D eigenvalue weighted by molar-refractivity contribution is -0.120. The smallest absolute Gasteiger partial charge is 0.231 e. The van der Waals surface area contributed by atoms with Gasteiger partial charge in [-0.2, -0.15) is 5.26 Å². The quantitative estimate of drug-likeness (QED) is 0.405. The second-order valence-corrected chi connectivity index (χ2v) is 9.50. The molecule has 1 heterocycles.